The highest BCUT2D eigenvalue weighted by Gasteiger charge is 2.32. The predicted octanol–water partition coefficient (Wildman–Crippen LogP) is 2.44. The Hall–Kier alpha value is -3.70. The Balaban J connectivity index is 2.04. The first-order valence-electron chi connectivity index (χ1n) is 11.8. The quantitative estimate of drug-likeness (QED) is 0.591. The number of aromatic nitrogens is 2. The number of nitrogens with one attached hydrogen (secondary N) is 2. The van der Waals surface area contributed by atoms with Crippen LogP contribution in [0.25, 0.3) is 0 Å². The summed E-state index contributed by atoms with van der Waals surface area (Å²) in [5, 5.41) is 5.74. The molecular formula is C24H32N4O8. The van der Waals surface area contributed by atoms with Gasteiger partial charge in [-0.2, -0.15) is 0 Å². The van der Waals surface area contributed by atoms with E-state index in [0.29, 0.717) is 0 Å². The molecule has 36 heavy (non-hydrogen) atoms. The van der Waals surface area contributed by atoms with Crippen molar-refractivity contribution in [1.82, 2.24) is 20.6 Å². The number of hydrogen-bond acceptors (Lipinski definition) is 10. The summed E-state index contributed by atoms with van der Waals surface area (Å²) in [7, 11) is 2.45. The normalized spacial score (nSPS) is 19.1. The fourth-order valence-corrected chi connectivity index (χ4v) is 3.83. The molecule has 2 unspecified atom stereocenters. The lowest BCUT2D eigenvalue weighted by Crippen LogP contribution is -2.32. The number of carbonyl (C=O) groups is 4. The van der Waals surface area contributed by atoms with Crippen LogP contribution < -0.4 is 10.6 Å². The van der Waals surface area contributed by atoms with Gasteiger partial charge >= 0.3 is 11.9 Å². The Kier molecular flexibility index (Phi) is 8.49. The Morgan fingerprint density at radius 2 is 1.11 bits per heavy atom. The first kappa shape index (κ1) is 26.9. The minimum Gasteiger partial charge on any atom is -0.464 e. The van der Waals surface area contributed by atoms with E-state index in [9.17, 15) is 19.2 Å². The van der Waals surface area contributed by atoms with Gasteiger partial charge in [-0.05, 0) is 11.8 Å². The predicted molar refractivity (Wildman–Crippen MR) is 124 cm³/mol. The molecule has 3 rings (SSSR count). The minimum atomic E-state index is -0.699. The van der Waals surface area contributed by atoms with E-state index < -0.39 is 24.0 Å². The van der Waals surface area contributed by atoms with Gasteiger partial charge in [-0.1, -0.05) is 27.7 Å². The fraction of sp³-hybridized carbons (Fsp3) is 0.583. The largest absolute Gasteiger partial charge is 0.464 e. The number of oxazole rings is 2. The van der Waals surface area contributed by atoms with Gasteiger partial charge < -0.3 is 28.9 Å². The zero-order valence-corrected chi connectivity index (χ0v) is 21.3. The molecule has 0 aromatic carbocycles. The second-order valence-corrected chi connectivity index (χ2v) is 9.21. The molecule has 2 atom stereocenters. The SMILES string of the molecule is COC(=O)c1nc2oc1CCC(=O)NC(C(C)C)c1nc(C(=O)OC)c(o1)CCC(=O)NC2C(C)C. The van der Waals surface area contributed by atoms with Gasteiger partial charge in [-0.15, -0.1) is 0 Å². The van der Waals surface area contributed by atoms with Crippen molar-refractivity contribution in [3.8, 4) is 0 Å². The first-order chi connectivity index (χ1) is 17.0. The van der Waals surface area contributed by atoms with Gasteiger partial charge in [-0.25, -0.2) is 19.6 Å². The third kappa shape index (κ3) is 5.92. The summed E-state index contributed by atoms with van der Waals surface area (Å²) in [5.41, 5.74) is -0.0749. The number of esters is 2. The standard InChI is InChI=1S/C24H32N4O8/c1-11(2)17-21-27-19(23(31)33-5)13(35-21)8-10-16(30)26-18(12(3)4)22-28-20(24(32)34-6)14(36-22)7-9-15(29)25-17/h11-12,17-18H,7-10H2,1-6H3,(H,25,29)(H,26,30). The van der Waals surface area contributed by atoms with Crippen LogP contribution in [-0.4, -0.2) is 47.9 Å². The van der Waals surface area contributed by atoms with E-state index in [2.05, 4.69) is 20.6 Å². The maximum absolute atomic E-state index is 12.9. The van der Waals surface area contributed by atoms with Gasteiger partial charge in [0.2, 0.25) is 23.6 Å². The average molecular weight is 505 g/mol. The van der Waals surface area contributed by atoms with E-state index in [-0.39, 0.29) is 84.0 Å². The van der Waals surface area contributed by atoms with Crippen molar-refractivity contribution in [2.45, 2.75) is 65.5 Å². The minimum absolute atomic E-state index is 0.0298. The van der Waals surface area contributed by atoms with Gasteiger partial charge in [-0.3, -0.25) is 9.59 Å². The molecule has 12 nitrogen and oxygen atoms in total. The monoisotopic (exact) mass is 504 g/mol. The number of carbonyl (C=O) groups excluding carboxylic acids is 4. The Morgan fingerprint density at radius 1 is 0.750 bits per heavy atom. The number of hydrogen-bond donors (Lipinski definition) is 2. The number of fused-ring (bicyclic) bond motifs is 4. The molecule has 0 saturated heterocycles. The van der Waals surface area contributed by atoms with Crippen molar-refractivity contribution in [3.63, 3.8) is 0 Å². The molecule has 3 heterocycles. The zero-order valence-electron chi connectivity index (χ0n) is 21.3. The van der Waals surface area contributed by atoms with Crippen molar-refractivity contribution in [2.24, 2.45) is 11.8 Å². The van der Waals surface area contributed by atoms with Crippen LogP contribution in [0.1, 0.15) is 96.9 Å². The average Bonchev–Trinajstić information content (AvgIpc) is 3.45. The topological polar surface area (TPSA) is 163 Å². The number of ether oxygens (including phenoxy) is 2. The molecule has 1 aliphatic heterocycles. The summed E-state index contributed by atoms with van der Waals surface area (Å²) in [6.07, 6.45) is 0.0735. The summed E-state index contributed by atoms with van der Waals surface area (Å²) in [5.74, 6) is -1.71. The van der Waals surface area contributed by atoms with Gasteiger partial charge in [0.15, 0.2) is 11.4 Å². The van der Waals surface area contributed by atoms with Crippen molar-refractivity contribution < 1.29 is 37.5 Å². The number of methoxy groups -OCH3 is 2. The van der Waals surface area contributed by atoms with Crippen molar-refractivity contribution in [3.05, 3.63) is 34.7 Å². The highest BCUT2D eigenvalue weighted by molar-refractivity contribution is 5.89. The Morgan fingerprint density at radius 3 is 1.42 bits per heavy atom. The molecule has 2 amide bonds. The van der Waals surface area contributed by atoms with Crippen LogP contribution in [0.5, 0.6) is 0 Å². The number of rotatable bonds is 4. The molecule has 0 aliphatic carbocycles. The number of aryl methyl sites for hydroxylation is 2. The molecule has 1 aliphatic rings. The Bertz CT molecular complexity index is 1050. The van der Waals surface area contributed by atoms with E-state index in [4.69, 9.17) is 18.3 Å². The summed E-state index contributed by atoms with van der Waals surface area (Å²) < 4.78 is 21.4. The molecule has 2 aromatic rings. The summed E-state index contributed by atoms with van der Waals surface area (Å²) in [4.78, 5) is 59.0. The third-order valence-electron chi connectivity index (χ3n) is 5.84. The number of amides is 2. The molecule has 0 spiro atoms. The van der Waals surface area contributed by atoms with Gasteiger partial charge in [0.1, 0.15) is 23.6 Å². The van der Waals surface area contributed by atoms with Gasteiger partial charge in [0, 0.05) is 25.7 Å². The molecule has 2 aromatic heterocycles. The van der Waals surface area contributed by atoms with E-state index in [1.54, 1.807) is 0 Å². The second-order valence-electron chi connectivity index (χ2n) is 9.21. The molecule has 0 radical (unpaired) electrons. The van der Waals surface area contributed by atoms with Crippen LogP contribution >= 0.6 is 0 Å². The molecule has 196 valence electrons. The van der Waals surface area contributed by atoms with Gasteiger partial charge in [0.05, 0.1) is 14.2 Å². The fourth-order valence-electron chi connectivity index (χ4n) is 3.83. The molecule has 0 saturated carbocycles. The summed E-state index contributed by atoms with van der Waals surface area (Å²) in [6, 6.07) is -1.29. The molecule has 4 bridgehead atoms. The van der Waals surface area contributed by atoms with E-state index in [0.717, 1.165) is 0 Å². The molecule has 12 heteroatoms. The van der Waals surface area contributed by atoms with Crippen LogP contribution in [0.2, 0.25) is 0 Å². The second kappa shape index (κ2) is 11.4. The van der Waals surface area contributed by atoms with Crippen molar-refractivity contribution in [2.75, 3.05) is 14.2 Å². The molecule has 0 fully saturated rings. The van der Waals surface area contributed by atoms with E-state index in [1.807, 2.05) is 27.7 Å². The number of nitrogens with zero attached hydrogens (tertiary/aromatic N) is 2. The third-order valence-corrected chi connectivity index (χ3v) is 5.84. The zero-order chi connectivity index (χ0) is 26.6. The van der Waals surface area contributed by atoms with Crippen molar-refractivity contribution in [1.29, 1.82) is 0 Å². The first-order valence-corrected chi connectivity index (χ1v) is 11.8. The molecular weight excluding hydrogens is 472 g/mol. The lowest BCUT2D eigenvalue weighted by molar-refractivity contribution is -0.123. The van der Waals surface area contributed by atoms with Crippen LogP contribution in [0, 0.1) is 11.8 Å². The smallest absolute Gasteiger partial charge is 0.360 e. The van der Waals surface area contributed by atoms with Crippen LogP contribution in [0.4, 0.5) is 0 Å². The highest BCUT2D eigenvalue weighted by Crippen LogP contribution is 2.28. The molecule has 2 N–H and O–H groups in total. The van der Waals surface area contributed by atoms with Crippen LogP contribution in [0.15, 0.2) is 8.83 Å². The lowest BCUT2D eigenvalue weighted by atomic mass is 10.0. The maximum Gasteiger partial charge on any atom is 0.360 e. The van der Waals surface area contributed by atoms with Crippen LogP contribution in [-0.2, 0) is 31.9 Å². The maximum atomic E-state index is 12.9. The van der Waals surface area contributed by atoms with Crippen molar-refractivity contribution >= 4 is 23.8 Å². The van der Waals surface area contributed by atoms with Gasteiger partial charge in [0.25, 0.3) is 0 Å². The summed E-state index contributed by atoms with van der Waals surface area (Å²) >= 11 is 0. The lowest BCUT2D eigenvalue weighted by Gasteiger charge is -2.20. The van der Waals surface area contributed by atoms with Crippen LogP contribution in [0.3, 0.4) is 0 Å². The van der Waals surface area contributed by atoms with E-state index in [1.165, 1.54) is 14.2 Å². The summed E-state index contributed by atoms with van der Waals surface area (Å²) in [6.45, 7) is 7.45. The van der Waals surface area contributed by atoms with E-state index >= 15 is 0 Å². The Labute approximate surface area is 208 Å². The highest BCUT2D eigenvalue weighted by atomic mass is 16.5.